The lowest BCUT2D eigenvalue weighted by Crippen LogP contribution is -2.16. The monoisotopic (exact) mass is 560 g/mol. The summed E-state index contributed by atoms with van der Waals surface area (Å²) in [5, 5.41) is -0.162. The minimum Gasteiger partial charge on any atom is -0.493 e. The van der Waals surface area contributed by atoms with Gasteiger partial charge in [-0.25, -0.2) is 4.79 Å². The summed E-state index contributed by atoms with van der Waals surface area (Å²) in [6, 6.07) is 10.1. The lowest BCUT2D eigenvalue weighted by molar-refractivity contribution is -0.152. The van der Waals surface area contributed by atoms with Gasteiger partial charge in [-0.2, -0.15) is 13.2 Å². The number of ether oxygens (including phenoxy) is 6. The summed E-state index contributed by atoms with van der Waals surface area (Å²) in [7, 11) is 6.82. The lowest BCUT2D eigenvalue weighted by Gasteiger charge is -2.15. The van der Waals surface area contributed by atoms with Crippen LogP contribution < -0.4 is 33.8 Å². The molecule has 0 spiro atoms. The molecule has 0 N–H and O–H groups in total. The Morgan fingerprint density at radius 3 is 1.93 bits per heavy atom. The molecular formula is C28H23F3O9. The fraction of sp³-hybridized carbons (Fsp3) is 0.214. The predicted octanol–water partition coefficient (Wildman–Crippen LogP) is 5.74. The molecule has 9 nitrogen and oxygen atoms in total. The number of hydrogen-bond acceptors (Lipinski definition) is 9. The molecule has 0 saturated heterocycles. The van der Waals surface area contributed by atoms with E-state index in [0.717, 1.165) is 6.07 Å². The summed E-state index contributed by atoms with van der Waals surface area (Å²) >= 11 is 0. The van der Waals surface area contributed by atoms with Crippen LogP contribution in [-0.2, 0) is 6.18 Å². The fourth-order valence-electron chi connectivity index (χ4n) is 4.06. The van der Waals surface area contributed by atoms with Crippen LogP contribution in [0, 0.1) is 0 Å². The number of hydrogen-bond donors (Lipinski definition) is 0. The van der Waals surface area contributed by atoms with Crippen molar-refractivity contribution in [3.63, 3.8) is 0 Å². The van der Waals surface area contributed by atoms with Gasteiger partial charge in [-0.3, -0.25) is 4.79 Å². The van der Waals surface area contributed by atoms with E-state index < -0.39 is 34.5 Å². The molecule has 0 unspecified atom stereocenters. The Balaban J connectivity index is 1.80. The molecule has 12 heteroatoms. The number of fused-ring (bicyclic) bond motifs is 1. The lowest BCUT2D eigenvalue weighted by atomic mass is 10.0. The average Bonchev–Trinajstić information content (AvgIpc) is 2.95. The van der Waals surface area contributed by atoms with Crippen LogP contribution >= 0.6 is 0 Å². The molecule has 1 heterocycles. The third kappa shape index (κ3) is 5.20. The van der Waals surface area contributed by atoms with Crippen LogP contribution in [0.4, 0.5) is 13.2 Å². The molecule has 0 bridgehead atoms. The minimum atomic E-state index is -5.03. The zero-order valence-electron chi connectivity index (χ0n) is 21.9. The number of rotatable bonds is 8. The van der Waals surface area contributed by atoms with Crippen molar-refractivity contribution < 1.29 is 50.8 Å². The zero-order valence-corrected chi connectivity index (χ0v) is 21.9. The highest BCUT2D eigenvalue weighted by molar-refractivity contribution is 5.93. The van der Waals surface area contributed by atoms with Crippen molar-refractivity contribution in [1.82, 2.24) is 0 Å². The second-order valence-electron chi connectivity index (χ2n) is 8.16. The Labute approximate surface area is 225 Å². The molecule has 0 aliphatic rings. The van der Waals surface area contributed by atoms with E-state index in [-0.39, 0.29) is 51.0 Å². The summed E-state index contributed by atoms with van der Waals surface area (Å²) in [5.74, 6) is -1.54. The first-order valence-electron chi connectivity index (χ1n) is 11.5. The molecule has 210 valence electrons. The third-order valence-electron chi connectivity index (χ3n) is 5.90. The van der Waals surface area contributed by atoms with Crippen molar-refractivity contribution in [3.05, 3.63) is 70.1 Å². The predicted molar refractivity (Wildman–Crippen MR) is 137 cm³/mol. The Morgan fingerprint density at radius 1 is 0.750 bits per heavy atom. The van der Waals surface area contributed by atoms with E-state index in [1.807, 2.05) is 0 Å². The fourth-order valence-corrected chi connectivity index (χ4v) is 4.06. The summed E-state index contributed by atoms with van der Waals surface area (Å²) < 4.78 is 78.8. The molecule has 0 amide bonds. The van der Waals surface area contributed by atoms with Gasteiger partial charge >= 0.3 is 12.1 Å². The molecular weight excluding hydrogens is 537 g/mol. The van der Waals surface area contributed by atoms with E-state index in [0.29, 0.717) is 0 Å². The molecule has 4 aromatic rings. The van der Waals surface area contributed by atoms with Gasteiger partial charge < -0.3 is 32.8 Å². The smallest absolute Gasteiger partial charge is 0.450 e. The second kappa shape index (κ2) is 11.1. The van der Waals surface area contributed by atoms with Gasteiger partial charge in [0.25, 0.3) is 0 Å². The van der Waals surface area contributed by atoms with Gasteiger partial charge in [0.2, 0.25) is 16.9 Å². The summed E-state index contributed by atoms with van der Waals surface area (Å²) in [6.45, 7) is 0. The maximum absolute atomic E-state index is 14.1. The van der Waals surface area contributed by atoms with Crippen LogP contribution in [0.5, 0.6) is 34.5 Å². The summed E-state index contributed by atoms with van der Waals surface area (Å²) in [4.78, 5) is 26.2. The quantitative estimate of drug-likeness (QED) is 0.197. The number of carbonyl (C=O) groups excluding carboxylic acids is 1. The first-order chi connectivity index (χ1) is 19.1. The van der Waals surface area contributed by atoms with Crippen LogP contribution in [0.1, 0.15) is 16.1 Å². The van der Waals surface area contributed by atoms with E-state index in [4.69, 9.17) is 32.8 Å². The van der Waals surface area contributed by atoms with E-state index in [2.05, 4.69) is 0 Å². The van der Waals surface area contributed by atoms with E-state index in [1.165, 1.54) is 78.0 Å². The first kappa shape index (κ1) is 28.1. The molecule has 0 aliphatic heterocycles. The van der Waals surface area contributed by atoms with Crippen molar-refractivity contribution in [3.8, 4) is 45.6 Å². The molecule has 4 rings (SSSR count). The maximum Gasteiger partial charge on any atom is 0.450 e. The number of methoxy groups -OCH3 is 5. The van der Waals surface area contributed by atoms with Gasteiger partial charge in [0.05, 0.1) is 52.1 Å². The van der Waals surface area contributed by atoms with Gasteiger partial charge in [0, 0.05) is 6.07 Å². The van der Waals surface area contributed by atoms with Crippen molar-refractivity contribution >= 4 is 16.9 Å². The van der Waals surface area contributed by atoms with Crippen molar-refractivity contribution in [1.29, 1.82) is 0 Å². The molecule has 3 aromatic carbocycles. The van der Waals surface area contributed by atoms with Crippen LogP contribution in [-0.4, -0.2) is 41.5 Å². The van der Waals surface area contributed by atoms with Gasteiger partial charge in [-0.05, 0) is 42.0 Å². The molecule has 0 fully saturated rings. The topological polar surface area (TPSA) is 103 Å². The molecule has 40 heavy (non-hydrogen) atoms. The van der Waals surface area contributed by atoms with Crippen LogP contribution in [0.25, 0.3) is 22.1 Å². The van der Waals surface area contributed by atoms with Crippen LogP contribution in [0.2, 0.25) is 0 Å². The summed E-state index contributed by atoms with van der Waals surface area (Å²) in [5.41, 5.74) is -2.16. The van der Waals surface area contributed by atoms with Crippen molar-refractivity contribution in [2.75, 3.05) is 35.5 Å². The highest BCUT2D eigenvalue weighted by Gasteiger charge is 2.39. The van der Waals surface area contributed by atoms with Gasteiger partial charge in [-0.15, -0.1) is 0 Å². The molecule has 0 aliphatic carbocycles. The van der Waals surface area contributed by atoms with Crippen LogP contribution in [0.15, 0.2) is 57.7 Å². The minimum absolute atomic E-state index is 0.0100. The zero-order chi connectivity index (χ0) is 29.2. The number of benzene rings is 3. The number of esters is 1. The van der Waals surface area contributed by atoms with Gasteiger partial charge in [0.15, 0.2) is 23.0 Å². The Bertz CT molecular complexity index is 1620. The summed E-state index contributed by atoms with van der Waals surface area (Å²) in [6.07, 6.45) is -5.03. The normalized spacial score (nSPS) is 11.2. The first-order valence-corrected chi connectivity index (χ1v) is 11.5. The Morgan fingerprint density at radius 2 is 1.38 bits per heavy atom. The third-order valence-corrected chi connectivity index (χ3v) is 5.90. The second-order valence-corrected chi connectivity index (χ2v) is 8.16. The highest BCUT2D eigenvalue weighted by atomic mass is 19.4. The standard InChI is InChI=1S/C28H23F3O9/c1-34-18-9-6-14(10-20(18)35-2)23-24(32)17-8-7-16(13-19(17)40-26(23)28(29,30)31)39-27(33)15-11-21(36-3)25(38-5)22(12-15)37-4/h6-13H,1-5H3. The van der Waals surface area contributed by atoms with E-state index in [9.17, 15) is 22.8 Å². The number of alkyl halides is 3. The van der Waals surface area contributed by atoms with Crippen molar-refractivity contribution in [2.24, 2.45) is 0 Å². The molecule has 0 radical (unpaired) electrons. The van der Waals surface area contributed by atoms with Crippen LogP contribution in [0.3, 0.4) is 0 Å². The molecule has 0 atom stereocenters. The maximum atomic E-state index is 14.1. The highest BCUT2D eigenvalue weighted by Crippen LogP contribution is 2.41. The van der Waals surface area contributed by atoms with Crippen molar-refractivity contribution in [2.45, 2.75) is 6.18 Å². The number of halogens is 3. The van der Waals surface area contributed by atoms with E-state index in [1.54, 1.807) is 0 Å². The average molecular weight is 560 g/mol. The van der Waals surface area contributed by atoms with Gasteiger partial charge in [0.1, 0.15) is 11.3 Å². The van der Waals surface area contributed by atoms with Gasteiger partial charge in [-0.1, -0.05) is 6.07 Å². The Kier molecular flexibility index (Phi) is 7.80. The Hall–Kier alpha value is -4.87. The number of carbonyl (C=O) groups is 1. The SMILES string of the molecule is COc1ccc(-c2c(C(F)(F)F)oc3cc(OC(=O)c4cc(OC)c(OC)c(OC)c4)ccc3c2=O)cc1OC. The molecule has 1 aromatic heterocycles. The van der Waals surface area contributed by atoms with E-state index >= 15 is 0 Å². The largest absolute Gasteiger partial charge is 0.493 e. The molecule has 0 saturated carbocycles.